The number of Topliss-reactive ketones (excluding diaryl/α,β-unsaturated/α-hetero) is 1. The number of non-ortho nitro benzene ring substituents is 1. The smallest absolute Gasteiger partial charge is 0.300 e. The molecule has 188 valence electrons. The van der Waals surface area contributed by atoms with E-state index in [4.69, 9.17) is 4.74 Å². The number of benzene rings is 4. The summed E-state index contributed by atoms with van der Waals surface area (Å²) in [6.07, 6.45) is 0. The first kappa shape index (κ1) is 24.3. The quantitative estimate of drug-likeness (QED) is 0.112. The molecule has 0 radical (unpaired) electrons. The Morgan fingerprint density at radius 2 is 1.53 bits per heavy atom. The number of nitrogens with zero attached hydrogens (tertiary/aromatic N) is 2. The highest BCUT2D eigenvalue weighted by molar-refractivity contribution is 6.51. The van der Waals surface area contributed by atoms with Crippen molar-refractivity contribution in [2.75, 3.05) is 4.90 Å². The van der Waals surface area contributed by atoms with Crippen LogP contribution in [0.3, 0.4) is 0 Å². The van der Waals surface area contributed by atoms with Gasteiger partial charge in [-0.3, -0.25) is 24.6 Å². The van der Waals surface area contributed by atoms with Crippen molar-refractivity contribution in [3.8, 4) is 17.2 Å². The lowest BCUT2D eigenvalue weighted by atomic mass is 9.94. The third-order valence-electron chi connectivity index (χ3n) is 6.07. The molecule has 1 unspecified atom stereocenters. The second-order valence-electron chi connectivity index (χ2n) is 8.45. The summed E-state index contributed by atoms with van der Waals surface area (Å²) in [7, 11) is 0. The number of phenolic OH excluding ortho intramolecular Hbond substituents is 1. The van der Waals surface area contributed by atoms with Crippen molar-refractivity contribution in [3.63, 3.8) is 0 Å². The standard InChI is InChI=1S/C29H20N2O7/c32-24-15-5-4-14-23(24)30-26(18-8-7-13-22(17-18)38-21-11-2-1-3-12-21)25(28(34)29(30)35)27(33)19-9-6-10-20(16-19)31(36)37/h1-17,26,32-33H/b27-25-. The fourth-order valence-corrected chi connectivity index (χ4v) is 4.36. The zero-order valence-electron chi connectivity index (χ0n) is 19.7. The van der Waals surface area contributed by atoms with E-state index in [-0.39, 0.29) is 28.3 Å². The second-order valence-corrected chi connectivity index (χ2v) is 8.45. The number of hydrogen-bond donors (Lipinski definition) is 2. The fourth-order valence-electron chi connectivity index (χ4n) is 4.36. The maximum atomic E-state index is 13.3. The molecule has 2 N–H and O–H groups in total. The Morgan fingerprint density at radius 3 is 2.26 bits per heavy atom. The van der Waals surface area contributed by atoms with E-state index in [9.17, 15) is 29.9 Å². The number of phenols is 1. The van der Waals surface area contributed by atoms with Gasteiger partial charge >= 0.3 is 0 Å². The molecule has 0 aromatic heterocycles. The summed E-state index contributed by atoms with van der Waals surface area (Å²) in [4.78, 5) is 38.4. The summed E-state index contributed by atoms with van der Waals surface area (Å²) in [5.74, 6) is -1.83. The van der Waals surface area contributed by atoms with Gasteiger partial charge in [0.05, 0.1) is 22.2 Å². The van der Waals surface area contributed by atoms with Gasteiger partial charge in [0.25, 0.3) is 17.4 Å². The molecule has 1 atom stereocenters. The van der Waals surface area contributed by atoms with Gasteiger partial charge in [-0.2, -0.15) is 0 Å². The van der Waals surface area contributed by atoms with Crippen molar-refractivity contribution >= 4 is 28.8 Å². The molecule has 0 saturated carbocycles. The highest BCUT2D eigenvalue weighted by Gasteiger charge is 2.47. The monoisotopic (exact) mass is 508 g/mol. The highest BCUT2D eigenvalue weighted by Crippen LogP contribution is 2.45. The summed E-state index contributed by atoms with van der Waals surface area (Å²) in [5, 5.41) is 33.1. The van der Waals surface area contributed by atoms with Crippen LogP contribution in [0.15, 0.2) is 109 Å². The van der Waals surface area contributed by atoms with Crippen molar-refractivity contribution in [3.05, 3.63) is 130 Å². The van der Waals surface area contributed by atoms with Crippen molar-refractivity contribution in [1.29, 1.82) is 0 Å². The largest absolute Gasteiger partial charge is 0.507 e. The fraction of sp³-hybridized carbons (Fsp3) is 0.0345. The topological polar surface area (TPSA) is 130 Å². The highest BCUT2D eigenvalue weighted by atomic mass is 16.6. The molecule has 1 aliphatic heterocycles. The first-order valence-corrected chi connectivity index (χ1v) is 11.5. The molecular formula is C29H20N2O7. The van der Waals surface area contributed by atoms with E-state index in [1.807, 2.05) is 18.2 Å². The van der Waals surface area contributed by atoms with Crippen LogP contribution in [-0.2, 0) is 9.59 Å². The Labute approximate surface area is 216 Å². The predicted octanol–water partition coefficient (Wildman–Crippen LogP) is 5.72. The summed E-state index contributed by atoms with van der Waals surface area (Å²) < 4.78 is 5.93. The zero-order valence-corrected chi connectivity index (χ0v) is 19.7. The Kier molecular flexibility index (Phi) is 6.32. The van der Waals surface area contributed by atoms with E-state index in [0.717, 1.165) is 11.0 Å². The van der Waals surface area contributed by atoms with Crippen molar-refractivity contribution in [2.45, 2.75) is 6.04 Å². The first-order valence-electron chi connectivity index (χ1n) is 11.5. The minimum atomic E-state index is -1.16. The average Bonchev–Trinajstić information content (AvgIpc) is 3.19. The Hall–Kier alpha value is -5.44. The molecule has 0 bridgehead atoms. The number of aromatic hydroxyl groups is 1. The van der Waals surface area contributed by atoms with Gasteiger partial charge in [-0.1, -0.05) is 54.6 Å². The summed E-state index contributed by atoms with van der Waals surface area (Å²) in [6.45, 7) is 0. The number of aliphatic hydroxyl groups excluding tert-OH is 1. The number of anilines is 1. The molecule has 4 aromatic carbocycles. The molecule has 4 aromatic rings. The molecule has 1 amide bonds. The second kappa shape index (κ2) is 9.90. The number of ketones is 1. The molecular weight excluding hydrogens is 488 g/mol. The summed E-state index contributed by atoms with van der Waals surface area (Å²) in [6, 6.07) is 25.6. The number of hydrogen-bond acceptors (Lipinski definition) is 7. The Balaban J connectivity index is 1.69. The van der Waals surface area contributed by atoms with E-state index >= 15 is 0 Å². The summed E-state index contributed by atoms with van der Waals surface area (Å²) in [5.41, 5.74) is -0.106. The molecule has 38 heavy (non-hydrogen) atoms. The average molecular weight is 508 g/mol. The van der Waals surface area contributed by atoms with Crippen LogP contribution in [0.1, 0.15) is 17.2 Å². The van der Waals surface area contributed by atoms with Crippen molar-refractivity contribution < 1.29 is 29.5 Å². The lowest BCUT2D eigenvalue weighted by molar-refractivity contribution is -0.384. The molecule has 5 rings (SSSR count). The molecule has 0 spiro atoms. The number of ether oxygens (including phenoxy) is 1. The molecule has 9 heteroatoms. The molecule has 1 heterocycles. The SMILES string of the molecule is O=C1C(=O)N(c2ccccc2O)C(c2cccc(Oc3ccccc3)c2)/C1=C(/O)c1cccc([N+](=O)[O-])c1. The van der Waals surface area contributed by atoms with Crippen LogP contribution in [0, 0.1) is 10.1 Å². The molecule has 1 fully saturated rings. The van der Waals surface area contributed by atoms with Gasteiger partial charge in [0, 0.05) is 17.7 Å². The van der Waals surface area contributed by atoms with E-state index < -0.39 is 28.4 Å². The molecule has 9 nitrogen and oxygen atoms in total. The number of aliphatic hydroxyl groups is 1. The van der Waals surface area contributed by atoms with Crippen LogP contribution < -0.4 is 9.64 Å². The number of amides is 1. The maximum Gasteiger partial charge on any atom is 0.300 e. The maximum absolute atomic E-state index is 13.3. The lowest BCUT2D eigenvalue weighted by Gasteiger charge is -2.26. The van der Waals surface area contributed by atoms with Gasteiger partial charge in [0.15, 0.2) is 0 Å². The van der Waals surface area contributed by atoms with Gasteiger partial charge in [-0.05, 0) is 42.0 Å². The van der Waals surface area contributed by atoms with Crippen LogP contribution in [-0.4, -0.2) is 26.8 Å². The van der Waals surface area contributed by atoms with E-state index in [1.54, 1.807) is 48.5 Å². The molecule has 1 saturated heterocycles. The van der Waals surface area contributed by atoms with Gasteiger partial charge in [-0.25, -0.2) is 0 Å². The third-order valence-corrected chi connectivity index (χ3v) is 6.07. The van der Waals surface area contributed by atoms with E-state index in [0.29, 0.717) is 17.1 Å². The van der Waals surface area contributed by atoms with Gasteiger partial charge in [0.1, 0.15) is 23.0 Å². The Bertz CT molecular complexity index is 1600. The number of rotatable bonds is 6. The van der Waals surface area contributed by atoms with Crippen LogP contribution in [0.25, 0.3) is 5.76 Å². The van der Waals surface area contributed by atoms with Crippen LogP contribution in [0.5, 0.6) is 17.2 Å². The van der Waals surface area contributed by atoms with Crippen LogP contribution >= 0.6 is 0 Å². The number of carbonyl (C=O) groups excluding carboxylic acids is 2. The minimum absolute atomic E-state index is 0.00354. The van der Waals surface area contributed by atoms with Gasteiger partial charge in [0.2, 0.25) is 0 Å². The normalized spacial score (nSPS) is 16.4. The van der Waals surface area contributed by atoms with E-state index in [1.165, 1.54) is 30.3 Å². The molecule has 1 aliphatic rings. The lowest BCUT2D eigenvalue weighted by Crippen LogP contribution is -2.29. The predicted molar refractivity (Wildman–Crippen MR) is 139 cm³/mol. The minimum Gasteiger partial charge on any atom is -0.507 e. The van der Waals surface area contributed by atoms with Gasteiger partial charge < -0.3 is 14.9 Å². The summed E-state index contributed by atoms with van der Waals surface area (Å²) >= 11 is 0. The number of carbonyl (C=O) groups is 2. The number of para-hydroxylation sites is 3. The first-order chi connectivity index (χ1) is 18.3. The zero-order chi connectivity index (χ0) is 26.8. The number of nitro groups is 1. The molecule has 0 aliphatic carbocycles. The Morgan fingerprint density at radius 1 is 0.842 bits per heavy atom. The third kappa shape index (κ3) is 4.44. The van der Waals surface area contributed by atoms with Crippen molar-refractivity contribution in [2.24, 2.45) is 0 Å². The van der Waals surface area contributed by atoms with E-state index in [2.05, 4.69) is 0 Å². The van der Waals surface area contributed by atoms with Crippen molar-refractivity contribution in [1.82, 2.24) is 0 Å². The van der Waals surface area contributed by atoms with Crippen LogP contribution in [0.2, 0.25) is 0 Å². The number of nitro benzene ring substituents is 1. The van der Waals surface area contributed by atoms with Gasteiger partial charge in [-0.15, -0.1) is 0 Å². The van der Waals surface area contributed by atoms with Crippen LogP contribution in [0.4, 0.5) is 11.4 Å².